The number of alkyl halides is 2. The molecule has 0 unspecified atom stereocenters. The van der Waals surface area contributed by atoms with Crippen LogP contribution in [0, 0.1) is 19.8 Å². The second-order valence-corrected chi connectivity index (χ2v) is 6.52. The van der Waals surface area contributed by atoms with Crippen LogP contribution in [0.5, 0.6) is 5.75 Å². The van der Waals surface area contributed by atoms with E-state index in [1.807, 2.05) is 32.0 Å². The van der Waals surface area contributed by atoms with E-state index in [0.29, 0.717) is 12.2 Å². The van der Waals surface area contributed by atoms with Gasteiger partial charge in [0.25, 0.3) is 0 Å². The number of ether oxygens (including phenoxy) is 1. The minimum atomic E-state index is -2.90. The van der Waals surface area contributed by atoms with Crippen molar-refractivity contribution in [2.24, 2.45) is 5.92 Å². The lowest BCUT2D eigenvalue weighted by atomic mass is 10.1. The average Bonchev–Trinajstić information content (AvgIpc) is 3.00. The van der Waals surface area contributed by atoms with Crippen LogP contribution in [-0.4, -0.2) is 25.0 Å². The summed E-state index contributed by atoms with van der Waals surface area (Å²) in [6.45, 7) is 1.34. The number of aryl methyl sites for hydroxylation is 1. The first-order valence-electron chi connectivity index (χ1n) is 8.57. The number of hydrogen-bond donors (Lipinski definition) is 1. The zero-order chi connectivity index (χ0) is 19.6. The van der Waals surface area contributed by atoms with Crippen molar-refractivity contribution in [1.29, 1.82) is 0 Å². The first-order chi connectivity index (χ1) is 12.8. The van der Waals surface area contributed by atoms with Crippen LogP contribution < -0.4 is 15.0 Å². The molecule has 7 heteroatoms. The fourth-order valence-corrected chi connectivity index (χ4v) is 3.11. The highest BCUT2D eigenvalue weighted by atomic mass is 19.3. The Balaban J connectivity index is 1.66. The van der Waals surface area contributed by atoms with E-state index >= 15 is 0 Å². The number of anilines is 2. The lowest BCUT2D eigenvalue weighted by molar-refractivity contribution is -0.122. The van der Waals surface area contributed by atoms with Crippen LogP contribution in [0.4, 0.5) is 20.2 Å². The molecular weight excluding hydrogens is 354 g/mol. The van der Waals surface area contributed by atoms with Gasteiger partial charge in [0.2, 0.25) is 11.8 Å². The Labute approximate surface area is 155 Å². The molecule has 1 N–H and O–H groups in total. The molecule has 0 aliphatic carbocycles. The van der Waals surface area contributed by atoms with Gasteiger partial charge >= 0.3 is 6.61 Å². The molecule has 2 amide bonds. The molecule has 5 nitrogen and oxygen atoms in total. The van der Waals surface area contributed by atoms with Gasteiger partial charge in [-0.05, 0) is 55.3 Å². The van der Waals surface area contributed by atoms with Crippen LogP contribution in [-0.2, 0) is 9.59 Å². The Morgan fingerprint density at radius 3 is 2.56 bits per heavy atom. The van der Waals surface area contributed by atoms with E-state index in [2.05, 4.69) is 10.1 Å². The van der Waals surface area contributed by atoms with Gasteiger partial charge in [-0.15, -0.1) is 0 Å². The normalized spacial score (nSPS) is 16.7. The van der Waals surface area contributed by atoms with E-state index in [9.17, 15) is 18.4 Å². The Morgan fingerprint density at radius 1 is 1.19 bits per heavy atom. The third-order valence-electron chi connectivity index (χ3n) is 4.71. The average molecular weight is 374 g/mol. The van der Waals surface area contributed by atoms with Crippen LogP contribution in [0.2, 0.25) is 0 Å². The predicted octanol–water partition coefficient (Wildman–Crippen LogP) is 3.90. The zero-order valence-corrected chi connectivity index (χ0v) is 15.0. The molecule has 142 valence electrons. The lowest BCUT2D eigenvalue weighted by Crippen LogP contribution is -2.28. The molecular formula is C20H20F2N2O3. The highest BCUT2D eigenvalue weighted by molar-refractivity contribution is 6.03. The second kappa shape index (κ2) is 7.73. The molecule has 0 radical (unpaired) electrons. The molecule has 1 saturated heterocycles. The third-order valence-corrected chi connectivity index (χ3v) is 4.71. The van der Waals surface area contributed by atoms with E-state index in [0.717, 1.165) is 16.8 Å². The van der Waals surface area contributed by atoms with Crippen molar-refractivity contribution in [3.63, 3.8) is 0 Å². The summed E-state index contributed by atoms with van der Waals surface area (Å²) in [6.07, 6.45) is 0.131. The molecule has 1 fully saturated rings. The summed E-state index contributed by atoms with van der Waals surface area (Å²) in [5.74, 6) is -0.835. The molecule has 3 rings (SSSR count). The van der Waals surface area contributed by atoms with Gasteiger partial charge in [0.05, 0.1) is 5.92 Å². The highest BCUT2D eigenvalue weighted by Crippen LogP contribution is 2.30. The fourth-order valence-electron chi connectivity index (χ4n) is 3.11. The SMILES string of the molecule is Cc1cccc(N2C[C@H](C(=O)Nc3ccc(OC(F)F)cc3)CC2=O)c1C. The van der Waals surface area contributed by atoms with Crippen LogP contribution in [0.3, 0.4) is 0 Å². The lowest BCUT2D eigenvalue weighted by Gasteiger charge is -2.20. The summed E-state index contributed by atoms with van der Waals surface area (Å²) in [4.78, 5) is 26.6. The third kappa shape index (κ3) is 4.24. The first kappa shape index (κ1) is 18.8. The Kier molecular flexibility index (Phi) is 5.39. The zero-order valence-electron chi connectivity index (χ0n) is 15.0. The second-order valence-electron chi connectivity index (χ2n) is 6.52. The number of nitrogens with zero attached hydrogens (tertiary/aromatic N) is 1. The van der Waals surface area contributed by atoms with E-state index in [4.69, 9.17) is 0 Å². The molecule has 27 heavy (non-hydrogen) atoms. The van der Waals surface area contributed by atoms with Crippen LogP contribution >= 0.6 is 0 Å². The molecule has 0 aromatic heterocycles. The number of carbonyl (C=O) groups excluding carboxylic acids is 2. The molecule has 1 atom stereocenters. The first-order valence-corrected chi connectivity index (χ1v) is 8.57. The van der Waals surface area contributed by atoms with Gasteiger partial charge in [0.15, 0.2) is 0 Å². The summed E-state index contributed by atoms with van der Waals surface area (Å²) >= 11 is 0. The van der Waals surface area contributed by atoms with E-state index in [1.54, 1.807) is 4.90 Å². The van der Waals surface area contributed by atoms with Crippen molar-refractivity contribution in [3.8, 4) is 5.75 Å². The molecule has 0 saturated carbocycles. The summed E-state index contributed by atoms with van der Waals surface area (Å²) in [7, 11) is 0. The van der Waals surface area contributed by atoms with Gasteiger partial charge in [0, 0.05) is 24.3 Å². The van der Waals surface area contributed by atoms with Gasteiger partial charge in [0.1, 0.15) is 5.75 Å². The Hall–Kier alpha value is -2.96. The molecule has 0 bridgehead atoms. The topological polar surface area (TPSA) is 58.6 Å². The highest BCUT2D eigenvalue weighted by Gasteiger charge is 2.35. The summed E-state index contributed by atoms with van der Waals surface area (Å²) in [6, 6.07) is 11.4. The number of benzene rings is 2. The smallest absolute Gasteiger partial charge is 0.387 e. The van der Waals surface area contributed by atoms with Crippen molar-refractivity contribution in [1.82, 2.24) is 0 Å². The standard InChI is InChI=1S/C20H20F2N2O3/c1-12-4-3-5-17(13(12)2)24-11-14(10-18(24)25)19(26)23-15-6-8-16(9-7-15)27-20(21)22/h3-9,14,20H,10-11H2,1-2H3,(H,23,26)/t14-/m1/s1. The van der Waals surface area contributed by atoms with Crippen molar-refractivity contribution in [3.05, 3.63) is 53.6 Å². The predicted molar refractivity (Wildman–Crippen MR) is 98.1 cm³/mol. The van der Waals surface area contributed by atoms with E-state index in [1.165, 1.54) is 24.3 Å². The van der Waals surface area contributed by atoms with Crippen molar-refractivity contribution in [2.45, 2.75) is 26.9 Å². The molecule has 2 aromatic carbocycles. The largest absolute Gasteiger partial charge is 0.435 e. The molecule has 0 spiro atoms. The van der Waals surface area contributed by atoms with Gasteiger partial charge in [-0.3, -0.25) is 9.59 Å². The Morgan fingerprint density at radius 2 is 1.89 bits per heavy atom. The number of carbonyl (C=O) groups is 2. The molecule has 2 aromatic rings. The van der Waals surface area contributed by atoms with Gasteiger partial charge in [-0.1, -0.05) is 12.1 Å². The number of nitrogens with one attached hydrogen (secondary N) is 1. The molecule has 1 aliphatic rings. The van der Waals surface area contributed by atoms with E-state index in [-0.39, 0.29) is 24.0 Å². The van der Waals surface area contributed by atoms with Crippen LogP contribution in [0.25, 0.3) is 0 Å². The minimum Gasteiger partial charge on any atom is -0.435 e. The Bertz CT molecular complexity index is 853. The quantitative estimate of drug-likeness (QED) is 0.864. The van der Waals surface area contributed by atoms with Gasteiger partial charge in [-0.25, -0.2) is 0 Å². The maximum Gasteiger partial charge on any atom is 0.387 e. The number of halogens is 2. The van der Waals surface area contributed by atoms with Crippen molar-refractivity contribution < 1.29 is 23.1 Å². The fraction of sp³-hybridized carbons (Fsp3) is 0.300. The van der Waals surface area contributed by atoms with Crippen LogP contribution in [0.15, 0.2) is 42.5 Å². The van der Waals surface area contributed by atoms with Gasteiger partial charge < -0.3 is 15.0 Å². The number of hydrogen-bond acceptors (Lipinski definition) is 3. The summed E-state index contributed by atoms with van der Waals surface area (Å²) in [5, 5.41) is 2.72. The number of rotatable bonds is 5. The molecule has 1 heterocycles. The van der Waals surface area contributed by atoms with Crippen molar-refractivity contribution >= 4 is 23.2 Å². The maximum absolute atomic E-state index is 12.5. The van der Waals surface area contributed by atoms with Gasteiger partial charge in [-0.2, -0.15) is 8.78 Å². The monoisotopic (exact) mass is 374 g/mol. The summed E-state index contributed by atoms with van der Waals surface area (Å²) < 4.78 is 28.6. The molecule has 1 aliphatic heterocycles. The van der Waals surface area contributed by atoms with E-state index < -0.39 is 12.5 Å². The minimum absolute atomic E-state index is 0.0140. The van der Waals surface area contributed by atoms with Crippen LogP contribution in [0.1, 0.15) is 17.5 Å². The maximum atomic E-state index is 12.5. The van der Waals surface area contributed by atoms with Crippen molar-refractivity contribution in [2.75, 3.05) is 16.8 Å². The number of amides is 2. The summed E-state index contributed by atoms with van der Waals surface area (Å²) in [5.41, 5.74) is 3.38.